The third-order valence-electron chi connectivity index (χ3n) is 6.24. The molecule has 2 aromatic heterocycles. The highest BCUT2D eigenvalue weighted by Crippen LogP contribution is 2.36. The molecule has 4 aromatic carbocycles. The van der Waals surface area contributed by atoms with Crippen molar-refractivity contribution >= 4 is 45.4 Å². The first kappa shape index (κ1) is 25.9. The Labute approximate surface area is 235 Å². The lowest BCUT2D eigenvalue weighted by Crippen LogP contribution is -2.20. The van der Waals surface area contributed by atoms with Gasteiger partial charge in [-0.25, -0.2) is 9.37 Å². The number of furan rings is 1. The van der Waals surface area contributed by atoms with Crippen molar-refractivity contribution in [2.75, 3.05) is 0 Å². The Kier molecular flexibility index (Phi) is 6.74. The highest BCUT2D eigenvalue weighted by molar-refractivity contribution is 6.32. The third-order valence-corrected chi connectivity index (χ3v) is 6.52. The van der Waals surface area contributed by atoms with Crippen LogP contribution in [0, 0.1) is 15.9 Å². The smallest absolute Gasteiger partial charge is 0.313 e. The minimum atomic E-state index is -0.645. The lowest BCUT2D eigenvalue weighted by molar-refractivity contribution is -0.385. The number of hydrogen-bond donors (Lipinski definition) is 0. The Bertz CT molecular complexity index is 2020. The first-order chi connectivity index (χ1) is 19.9. The number of fused-ring (bicyclic) bond motifs is 2. The Balaban J connectivity index is 1.41. The molecule has 0 atom stereocenters. The summed E-state index contributed by atoms with van der Waals surface area (Å²) in [5.74, 6) is -0.169. The van der Waals surface area contributed by atoms with Gasteiger partial charge in [0.2, 0.25) is 11.6 Å². The first-order valence-electron chi connectivity index (χ1n) is 12.3. The number of nitro benzene ring substituents is 1. The number of para-hydroxylation sites is 2. The number of ether oxygens (including phenoxy) is 1. The summed E-state index contributed by atoms with van der Waals surface area (Å²) in [6, 6.07) is 24.2. The third kappa shape index (κ3) is 5.15. The van der Waals surface area contributed by atoms with Crippen LogP contribution in [0.5, 0.6) is 5.75 Å². The molecule has 0 spiro atoms. The number of nitrogens with zero attached hydrogens (tertiary/aromatic N) is 4. The molecule has 0 aliphatic heterocycles. The van der Waals surface area contributed by atoms with Gasteiger partial charge in [0, 0.05) is 17.0 Å². The lowest BCUT2D eigenvalue weighted by Gasteiger charge is -2.10. The Hall–Kier alpha value is -5.35. The molecule has 6 aromatic rings. The quantitative estimate of drug-likeness (QED) is 0.117. The minimum Gasteiger partial charge on any atom is -0.481 e. The number of benzene rings is 4. The SMILES string of the molecule is O=c1c2ccccc2nc(-c2cc3ccccc3o2)n1N=Cc1cc(Cl)c(OCc2cccc(F)c2)c([N+](=O)[O-])c1. The molecule has 0 radical (unpaired) electrons. The topological polar surface area (TPSA) is 113 Å². The van der Waals surface area contributed by atoms with E-state index in [1.807, 2.05) is 18.2 Å². The van der Waals surface area contributed by atoms with E-state index in [4.69, 9.17) is 20.8 Å². The van der Waals surface area contributed by atoms with Crippen molar-refractivity contribution in [1.82, 2.24) is 9.66 Å². The number of aromatic nitrogens is 2. The van der Waals surface area contributed by atoms with E-state index in [9.17, 15) is 19.3 Å². The van der Waals surface area contributed by atoms with Crippen LogP contribution in [0.2, 0.25) is 5.02 Å². The van der Waals surface area contributed by atoms with Crippen molar-refractivity contribution in [1.29, 1.82) is 0 Å². The average Bonchev–Trinajstić information content (AvgIpc) is 3.40. The van der Waals surface area contributed by atoms with E-state index in [-0.39, 0.29) is 28.8 Å². The molecule has 2 heterocycles. The number of rotatable bonds is 7. The van der Waals surface area contributed by atoms with E-state index >= 15 is 0 Å². The molecule has 0 aliphatic rings. The summed E-state index contributed by atoms with van der Waals surface area (Å²) in [5, 5.41) is 17.3. The first-order valence-corrected chi connectivity index (χ1v) is 12.7. The Morgan fingerprint density at radius 2 is 1.85 bits per heavy atom. The summed E-state index contributed by atoms with van der Waals surface area (Å²) < 4.78 is 26.2. The highest BCUT2D eigenvalue weighted by Gasteiger charge is 2.21. The van der Waals surface area contributed by atoms with Gasteiger partial charge in [-0.1, -0.05) is 54.1 Å². The van der Waals surface area contributed by atoms with Crippen molar-refractivity contribution in [3.05, 3.63) is 133 Å². The fourth-order valence-corrected chi connectivity index (χ4v) is 4.62. The van der Waals surface area contributed by atoms with Crippen LogP contribution < -0.4 is 10.3 Å². The van der Waals surface area contributed by atoms with E-state index in [0.29, 0.717) is 27.8 Å². The molecule has 0 amide bonds. The fourth-order valence-electron chi connectivity index (χ4n) is 4.34. The molecule has 0 aliphatic carbocycles. The molecule has 0 fully saturated rings. The van der Waals surface area contributed by atoms with Crippen LogP contribution in [0.15, 0.2) is 105 Å². The second-order valence-electron chi connectivity index (χ2n) is 8.99. The molecule has 0 saturated heterocycles. The van der Waals surface area contributed by atoms with E-state index in [1.54, 1.807) is 42.5 Å². The van der Waals surface area contributed by atoms with Crippen LogP contribution in [0.3, 0.4) is 0 Å². The maximum Gasteiger partial charge on any atom is 0.313 e. The van der Waals surface area contributed by atoms with Crippen LogP contribution in [-0.4, -0.2) is 20.8 Å². The van der Waals surface area contributed by atoms with Crippen LogP contribution in [-0.2, 0) is 6.61 Å². The fraction of sp³-hybridized carbons (Fsp3) is 0.0333. The molecular formula is C30H18ClFN4O5. The molecule has 0 saturated carbocycles. The van der Waals surface area contributed by atoms with Crippen molar-refractivity contribution in [2.24, 2.45) is 5.10 Å². The summed E-state index contributed by atoms with van der Waals surface area (Å²) in [5.41, 5.74) is 0.891. The highest BCUT2D eigenvalue weighted by atomic mass is 35.5. The van der Waals surface area contributed by atoms with Gasteiger partial charge in [0.15, 0.2) is 5.76 Å². The predicted octanol–water partition coefficient (Wildman–Crippen LogP) is 6.97. The molecule has 0 bridgehead atoms. The summed E-state index contributed by atoms with van der Waals surface area (Å²) in [4.78, 5) is 29.3. The van der Waals surface area contributed by atoms with E-state index in [0.717, 1.165) is 10.1 Å². The second kappa shape index (κ2) is 10.7. The molecule has 6 rings (SSSR count). The number of hydrogen-bond acceptors (Lipinski definition) is 7. The van der Waals surface area contributed by atoms with Gasteiger partial charge in [-0.05, 0) is 48.0 Å². The summed E-state index contributed by atoms with van der Waals surface area (Å²) in [6.45, 7) is -0.134. The average molecular weight is 569 g/mol. The maximum atomic E-state index is 13.5. The minimum absolute atomic E-state index is 0.0569. The summed E-state index contributed by atoms with van der Waals surface area (Å²) in [7, 11) is 0. The van der Waals surface area contributed by atoms with Crippen molar-refractivity contribution < 1.29 is 18.5 Å². The van der Waals surface area contributed by atoms with Gasteiger partial charge in [-0.3, -0.25) is 14.9 Å². The van der Waals surface area contributed by atoms with Gasteiger partial charge >= 0.3 is 5.69 Å². The number of halogens is 2. The summed E-state index contributed by atoms with van der Waals surface area (Å²) >= 11 is 6.38. The zero-order chi connectivity index (χ0) is 28.5. The monoisotopic (exact) mass is 568 g/mol. The normalized spacial score (nSPS) is 11.5. The zero-order valence-electron chi connectivity index (χ0n) is 21.0. The van der Waals surface area contributed by atoms with Gasteiger partial charge in [-0.2, -0.15) is 9.78 Å². The predicted molar refractivity (Wildman–Crippen MR) is 153 cm³/mol. The molecule has 41 heavy (non-hydrogen) atoms. The second-order valence-corrected chi connectivity index (χ2v) is 9.40. The van der Waals surface area contributed by atoms with Gasteiger partial charge in [0.1, 0.15) is 18.0 Å². The van der Waals surface area contributed by atoms with Crippen molar-refractivity contribution in [2.45, 2.75) is 6.61 Å². The molecule has 11 heteroatoms. The molecule has 0 unspecified atom stereocenters. The number of nitro groups is 1. The zero-order valence-corrected chi connectivity index (χ0v) is 21.8. The molecule has 9 nitrogen and oxygen atoms in total. The van der Waals surface area contributed by atoms with E-state index in [2.05, 4.69) is 10.1 Å². The summed E-state index contributed by atoms with van der Waals surface area (Å²) in [6.07, 6.45) is 1.26. The van der Waals surface area contributed by atoms with Crippen molar-refractivity contribution in [3.63, 3.8) is 0 Å². The maximum absolute atomic E-state index is 13.5. The van der Waals surface area contributed by atoms with Gasteiger partial charge < -0.3 is 9.15 Å². The molecule has 0 N–H and O–H groups in total. The standard InChI is InChI=1S/C30H18ClFN4O5/c31-23-13-19(14-25(36(38)39)28(23)40-17-18-6-5-8-21(32)12-18)16-33-35-29(27-15-20-7-1-4-11-26(20)41-27)34-24-10-3-2-9-22(24)30(35)37/h1-16H,17H2. The molecule has 202 valence electrons. The van der Waals surface area contributed by atoms with E-state index < -0.39 is 22.0 Å². The Morgan fingerprint density at radius 3 is 2.66 bits per heavy atom. The van der Waals surface area contributed by atoms with Crippen LogP contribution in [0.25, 0.3) is 33.5 Å². The van der Waals surface area contributed by atoms with Gasteiger partial charge in [0.25, 0.3) is 5.56 Å². The van der Waals surface area contributed by atoms with Crippen LogP contribution >= 0.6 is 11.6 Å². The van der Waals surface area contributed by atoms with Gasteiger partial charge in [0.05, 0.1) is 27.1 Å². The van der Waals surface area contributed by atoms with E-state index in [1.165, 1.54) is 36.5 Å². The largest absolute Gasteiger partial charge is 0.481 e. The van der Waals surface area contributed by atoms with Gasteiger partial charge in [-0.15, -0.1) is 0 Å². The van der Waals surface area contributed by atoms with Crippen LogP contribution in [0.4, 0.5) is 10.1 Å². The lowest BCUT2D eigenvalue weighted by atomic mass is 10.2. The Morgan fingerprint density at radius 1 is 1.05 bits per heavy atom. The van der Waals surface area contributed by atoms with Crippen molar-refractivity contribution in [3.8, 4) is 17.3 Å². The molecular weight excluding hydrogens is 551 g/mol. The van der Waals surface area contributed by atoms with Crippen LogP contribution in [0.1, 0.15) is 11.1 Å².